The summed E-state index contributed by atoms with van der Waals surface area (Å²) in [6, 6.07) is 9.52. The monoisotopic (exact) mass is 400 g/mol. The second-order valence-electron chi connectivity index (χ2n) is 6.09. The largest absolute Gasteiger partial charge is 0.465 e. The quantitative estimate of drug-likeness (QED) is 0.462. The van der Waals surface area contributed by atoms with Crippen LogP contribution in [0.25, 0.3) is 6.08 Å². The Labute approximate surface area is 167 Å². The minimum absolute atomic E-state index is 0.154. The van der Waals surface area contributed by atoms with Crippen LogP contribution in [0.4, 0.5) is 5.00 Å². The van der Waals surface area contributed by atoms with Crippen LogP contribution in [0.15, 0.2) is 36.4 Å². The van der Waals surface area contributed by atoms with Gasteiger partial charge in [-0.3, -0.25) is 10.1 Å². The van der Waals surface area contributed by atoms with E-state index in [0.29, 0.717) is 10.6 Å². The Bertz CT molecular complexity index is 888. The topological polar surface area (TPSA) is 67.4 Å². The summed E-state index contributed by atoms with van der Waals surface area (Å²) in [6.07, 6.45) is 7.10. The molecule has 0 unspecified atom stereocenters. The molecule has 1 amide bonds. The number of fused-ring (bicyclic) bond motifs is 1. The molecular weight excluding hydrogens is 380 g/mol. The zero-order chi connectivity index (χ0) is 19.2. The first kappa shape index (κ1) is 19.3. The van der Waals surface area contributed by atoms with Crippen LogP contribution in [0.1, 0.15) is 39.2 Å². The minimum Gasteiger partial charge on any atom is -0.465 e. The Morgan fingerprint density at radius 3 is 2.67 bits per heavy atom. The average Bonchev–Trinajstić information content (AvgIpc) is 3.04. The molecule has 3 rings (SSSR count). The number of anilines is 1. The molecule has 0 saturated heterocycles. The standard InChI is InChI=1S/C20H20N2O3S2/c1-25-19(24)17-14-9-5-6-10-15(14)27-18(17)22-20(26)21-16(23)12-11-13-7-3-2-4-8-13/h2-4,7-8,11-12H,5-6,9-10H2,1H3,(H2,21,22,23,26). The number of aryl methyl sites for hydroxylation is 1. The molecular formula is C20H20N2O3S2. The van der Waals surface area contributed by atoms with Crippen molar-refractivity contribution in [1.29, 1.82) is 0 Å². The Morgan fingerprint density at radius 1 is 1.19 bits per heavy atom. The summed E-state index contributed by atoms with van der Waals surface area (Å²) in [7, 11) is 1.37. The van der Waals surface area contributed by atoms with Crippen LogP contribution in [-0.4, -0.2) is 24.1 Å². The number of methoxy groups -OCH3 is 1. The first-order chi connectivity index (χ1) is 13.1. The van der Waals surface area contributed by atoms with Gasteiger partial charge in [-0.25, -0.2) is 4.79 Å². The fourth-order valence-electron chi connectivity index (χ4n) is 3.00. The van der Waals surface area contributed by atoms with Gasteiger partial charge in [-0.05, 0) is 55.1 Å². The third-order valence-corrected chi connectivity index (χ3v) is 5.66. The highest BCUT2D eigenvalue weighted by Gasteiger charge is 2.26. The highest BCUT2D eigenvalue weighted by atomic mass is 32.1. The van der Waals surface area contributed by atoms with Crippen molar-refractivity contribution in [3.8, 4) is 0 Å². The Kier molecular flexibility index (Phi) is 6.36. The van der Waals surface area contributed by atoms with Crippen LogP contribution in [0.2, 0.25) is 0 Å². The number of benzene rings is 1. The number of ether oxygens (including phenoxy) is 1. The van der Waals surface area contributed by atoms with Gasteiger partial charge in [-0.2, -0.15) is 0 Å². The van der Waals surface area contributed by atoms with Crippen molar-refractivity contribution < 1.29 is 14.3 Å². The lowest BCUT2D eigenvalue weighted by molar-refractivity contribution is -0.115. The van der Waals surface area contributed by atoms with Gasteiger partial charge in [0, 0.05) is 11.0 Å². The van der Waals surface area contributed by atoms with Crippen molar-refractivity contribution in [3.63, 3.8) is 0 Å². The van der Waals surface area contributed by atoms with Crippen LogP contribution in [0.3, 0.4) is 0 Å². The van der Waals surface area contributed by atoms with E-state index in [1.54, 1.807) is 6.08 Å². The van der Waals surface area contributed by atoms with Gasteiger partial charge < -0.3 is 10.1 Å². The molecule has 0 aliphatic heterocycles. The van der Waals surface area contributed by atoms with Crippen molar-refractivity contribution in [2.75, 3.05) is 12.4 Å². The molecule has 27 heavy (non-hydrogen) atoms. The Balaban J connectivity index is 1.69. The maximum Gasteiger partial charge on any atom is 0.341 e. The minimum atomic E-state index is -0.380. The summed E-state index contributed by atoms with van der Waals surface area (Å²) >= 11 is 6.75. The van der Waals surface area contributed by atoms with Gasteiger partial charge in [0.2, 0.25) is 5.91 Å². The molecule has 0 bridgehead atoms. The average molecular weight is 401 g/mol. The normalized spacial score (nSPS) is 13.1. The number of nitrogens with one attached hydrogen (secondary N) is 2. The second-order valence-corrected chi connectivity index (χ2v) is 7.61. The van der Waals surface area contributed by atoms with Gasteiger partial charge in [0.15, 0.2) is 5.11 Å². The van der Waals surface area contributed by atoms with Crippen LogP contribution >= 0.6 is 23.6 Å². The molecule has 1 aromatic heterocycles. The van der Waals surface area contributed by atoms with Crippen molar-refractivity contribution in [3.05, 3.63) is 58.0 Å². The summed E-state index contributed by atoms with van der Waals surface area (Å²) in [5.41, 5.74) is 2.50. The molecule has 140 valence electrons. The molecule has 2 aromatic rings. The molecule has 5 nitrogen and oxygen atoms in total. The maximum absolute atomic E-state index is 12.2. The zero-order valence-electron chi connectivity index (χ0n) is 14.9. The molecule has 2 N–H and O–H groups in total. The van der Waals surface area contributed by atoms with Gasteiger partial charge in [-0.15, -0.1) is 11.3 Å². The summed E-state index contributed by atoms with van der Waals surface area (Å²) in [4.78, 5) is 25.5. The van der Waals surface area contributed by atoms with E-state index in [4.69, 9.17) is 17.0 Å². The van der Waals surface area contributed by atoms with Crippen LogP contribution in [0, 0.1) is 0 Å². The Morgan fingerprint density at radius 2 is 1.93 bits per heavy atom. The van der Waals surface area contributed by atoms with Crippen molar-refractivity contribution in [2.45, 2.75) is 25.7 Å². The smallest absolute Gasteiger partial charge is 0.341 e. The Hall–Kier alpha value is -2.51. The number of thiophene rings is 1. The molecule has 0 radical (unpaired) electrons. The number of carbonyl (C=O) groups is 2. The van der Waals surface area contributed by atoms with Gasteiger partial charge in [0.25, 0.3) is 0 Å². The van der Waals surface area contributed by atoms with Crippen molar-refractivity contribution in [1.82, 2.24) is 5.32 Å². The number of rotatable bonds is 4. The van der Waals surface area contributed by atoms with E-state index in [-0.39, 0.29) is 17.0 Å². The number of thiocarbonyl (C=S) groups is 1. The summed E-state index contributed by atoms with van der Waals surface area (Å²) < 4.78 is 4.94. The van der Waals surface area contributed by atoms with Gasteiger partial charge >= 0.3 is 5.97 Å². The van der Waals surface area contributed by atoms with Crippen LogP contribution < -0.4 is 10.6 Å². The molecule has 1 aliphatic rings. The first-order valence-electron chi connectivity index (χ1n) is 8.66. The predicted octanol–water partition coefficient (Wildman–Crippen LogP) is 3.94. The number of esters is 1. The third-order valence-electron chi connectivity index (χ3n) is 4.25. The molecule has 1 aromatic carbocycles. The SMILES string of the molecule is COC(=O)c1c(NC(=S)NC(=O)C=Cc2ccccc2)sc2c1CCCC2. The molecule has 1 heterocycles. The van der Waals surface area contributed by atoms with E-state index < -0.39 is 0 Å². The van der Waals surface area contributed by atoms with Gasteiger partial charge in [0.1, 0.15) is 5.00 Å². The van der Waals surface area contributed by atoms with E-state index in [2.05, 4.69) is 10.6 Å². The molecule has 0 fully saturated rings. The van der Waals surface area contributed by atoms with E-state index in [9.17, 15) is 9.59 Å². The number of hydrogen-bond donors (Lipinski definition) is 2. The number of amides is 1. The zero-order valence-corrected chi connectivity index (χ0v) is 16.5. The summed E-state index contributed by atoms with van der Waals surface area (Å²) in [5, 5.41) is 6.39. The van der Waals surface area contributed by atoms with E-state index in [0.717, 1.165) is 36.8 Å². The van der Waals surface area contributed by atoms with Gasteiger partial charge in [0.05, 0.1) is 12.7 Å². The fourth-order valence-corrected chi connectivity index (χ4v) is 4.55. The lowest BCUT2D eigenvalue weighted by Gasteiger charge is -2.12. The van der Waals surface area contributed by atoms with E-state index in [1.807, 2.05) is 30.3 Å². The van der Waals surface area contributed by atoms with Gasteiger partial charge in [-0.1, -0.05) is 30.3 Å². The second kappa shape index (κ2) is 8.92. The van der Waals surface area contributed by atoms with E-state index in [1.165, 1.54) is 29.4 Å². The van der Waals surface area contributed by atoms with Crippen LogP contribution in [0.5, 0.6) is 0 Å². The lowest BCUT2D eigenvalue weighted by atomic mass is 9.95. The first-order valence-corrected chi connectivity index (χ1v) is 9.89. The highest BCUT2D eigenvalue weighted by Crippen LogP contribution is 2.38. The molecule has 1 aliphatic carbocycles. The van der Waals surface area contributed by atoms with E-state index >= 15 is 0 Å². The molecule has 0 spiro atoms. The lowest BCUT2D eigenvalue weighted by Crippen LogP contribution is -2.33. The highest BCUT2D eigenvalue weighted by molar-refractivity contribution is 7.80. The molecule has 7 heteroatoms. The number of hydrogen-bond acceptors (Lipinski definition) is 5. The maximum atomic E-state index is 12.2. The predicted molar refractivity (Wildman–Crippen MR) is 112 cm³/mol. The molecule has 0 atom stereocenters. The van der Waals surface area contributed by atoms with Crippen molar-refractivity contribution >= 4 is 51.6 Å². The third kappa shape index (κ3) is 4.81. The summed E-state index contributed by atoms with van der Waals surface area (Å²) in [5.74, 6) is -0.715. The van der Waals surface area contributed by atoms with Crippen LogP contribution in [-0.2, 0) is 22.4 Å². The van der Waals surface area contributed by atoms with Crippen molar-refractivity contribution in [2.24, 2.45) is 0 Å². The fraction of sp³-hybridized carbons (Fsp3) is 0.250. The summed E-state index contributed by atoms with van der Waals surface area (Å²) in [6.45, 7) is 0. The number of carbonyl (C=O) groups excluding carboxylic acids is 2. The molecule has 0 saturated carbocycles.